The Morgan fingerprint density at radius 2 is 1.25 bits per heavy atom. The van der Waals surface area contributed by atoms with Crippen LogP contribution < -0.4 is 5.73 Å². The summed E-state index contributed by atoms with van der Waals surface area (Å²) in [6.07, 6.45) is 0. The molecular formula is C35H29N5O11S4. The molecule has 0 aliphatic carbocycles. The average Bonchev–Trinajstić information content (AvgIpc) is 3.09. The van der Waals surface area contributed by atoms with Gasteiger partial charge in [-0.05, 0) is 112 Å². The van der Waals surface area contributed by atoms with Gasteiger partial charge in [0.1, 0.15) is 16.3 Å². The zero-order valence-electron chi connectivity index (χ0n) is 28.5. The summed E-state index contributed by atoms with van der Waals surface area (Å²) in [4.78, 5) is -1.44. The zero-order valence-corrected chi connectivity index (χ0v) is 31.7. The molecule has 20 heteroatoms. The highest BCUT2D eigenvalue weighted by atomic mass is 32.2. The number of hydrogen-bond acceptors (Lipinski definition) is 12. The van der Waals surface area contributed by atoms with Gasteiger partial charge in [0, 0.05) is 11.1 Å². The average molecular weight is 824 g/mol. The van der Waals surface area contributed by atoms with E-state index in [0.717, 1.165) is 29.3 Å². The van der Waals surface area contributed by atoms with E-state index in [0.29, 0.717) is 38.8 Å². The molecular weight excluding hydrogens is 795 g/mol. The van der Waals surface area contributed by atoms with E-state index in [2.05, 4.69) is 20.5 Å². The highest BCUT2D eigenvalue weighted by molar-refractivity contribution is 7.86. The molecule has 0 saturated carbocycles. The Bertz CT molecular complexity index is 2920. The SMILES string of the molecule is Cc1cc(-c2ccc(N=Nc3c(S(=O)O)cc4cc(S(=O)(=O)O)cc(N)c4c3O)c(C)c2)ccc1N=Nc1cc2ccc(CS(=O)O)cc2cc1S(=O)(=O)O. The molecule has 0 aromatic heterocycles. The quantitative estimate of drug-likeness (QED) is 0.0330. The minimum absolute atomic E-state index is 0.0310. The molecule has 55 heavy (non-hydrogen) atoms. The van der Waals surface area contributed by atoms with Crippen LogP contribution in [0.25, 0.3) is 32.7 Å². The predicted octanol–water partition coefficient (Wildman–Crippen LogP) is 8.19. The van der Waals surface area contributed by atoms with Crippen LogP contribution >= 0.6 is 0 Å². The smallest absolute Gasteiger partial charge is 0.296 e. The van der Waals surface area contributed by atoms with Crippen molar-refractivity contribution in [1.82, 2.24) is 0 Å². The van der Waals surface area contributed by atoms with Crippen LogP contribution in [0, 0.1) is 13.8 Å². The summed E-state index contributed by atoms with van der Waals surface area (Å²) in [7, 11) is -9.39. The van der Waals surface area contributed by atoms with Crippen molar-refractivity contribution >= 4 is 92.4 Å². The van der Waals surface area contributed by atoms with Gasteiger partial charge in [0.05, 0.1) is 26.9 Å². The van der Waals surface area contributed by atoms with Gasteiger partial charge < -0.3 is 19.9 Å². The Balaban J connectivity index is 1.28. The third-order valence-electron chi connectivity index (χ3n) is 8.44. The molecule has 2 unspecified atom stereocenters. The molecule has 7 N–H and O–H groups in total. The Hall–Kier alpha value is -5.32. The van der Waals surface area contributed by atoms with Crippen molar-refractivity contribution in [2.45, 2.75) is 34.3 Å². The molecule has 6 aromatic rings. The van der Waals surface area contributed by atoms with Crippen molar-refractivity contribution in [2.24, 2.45) is 20.5 Å². The van der Waals surface area contributed by atoms with Crippen molar-refractivity contribution in [3.05, 3.63) is 102 Å². The zero-order chi connectivity index (χ0) is 40.0. The summed E-state index contributed by atoms with van der Waals surface area (Å²) in [5.41, 5.74) is 9.37. The van der Waals surface area contributed by atoms with E-state index in [1.807, 2.05) is 12.1 Å². The number of aromatic hydroxyl groups is 1. The van der Waals surface area contributed by atoms with Crippen LogP contribution in [-0.4, -0.2) is 48.6 Å². The predicted molar refractivity (Wildman–Crippen MR) is 207 cm³/mol. The molecule has 2 atom stereocenters. The molecule has 6 rings (SSSR count). The number of aryl methyl sites for hydroxylation is 2. The van der Waals surface area contributed by atoms with Crippen LogP contribution in [0.2, 0.25) is 0 Å². The molecule has 0 fully saturated rings. The van der Waals surface area contributed by atoms with Gasteiger partial charge in [0.2, 0.25) is 0 Å². The second kappa shape index (κ2) is 15.1. The fraction of sp³-hybridized carbons (Fsp3) is 0.0857. The van der Waals surface area contributed by atoms with Crippen molar-refractivity contribution in [3.63, 3.8) is 0 Å². The maximum absolute atomic E-state index is 12.2. The van der Waals surface area contributed by atoms with E-state index >= 15 is 0 Å². The van der Waals surface area contributed by atoms with Gasteiger partial charge in [0.25, 0.3) is 20.2 Å². The molecule has 284 valence electrons. The summed E-state index contributed by atoms with van der Waals surface area (Å²) >= 11 is -4.80. The second-order valence-electron chi connectivity index (χ2n) is 12.3. The van der Waals surface area contributed by atoms with Gasteiger partial charge in [-0.3, -0.25) is 9.11 Å². The van der Waals surface area contributed by atoms with Crippen molar-refractivity contribution < 1.29 is 48.6 Å². The third kappa shape index (κ3) is 8.50. The van der Waals surface area contributed by atoms with Gasteiger partial charge in [0.15, 0.2) is 27.9 Å². The number of anilines is 1. The Kier molecular flexibility index (Phi) is 10.8. The fourth-order valence-corrected chi connectivity index (χ4v) is 7.99. The molecule has 0 amide bonds. The first-order valence-electron chi connectivity index (χ1n) is 15.6. The normalized spacial score (nSPS) is 13.6. The lowest BCUT2D eigenvalue weighted by molar-refractivity contribution is 0.479. The number of hydrogen-bond donors (Lipinski definition) is 6. The molecule has 0 saturated heterocycles. The number of nitrogens with zero attached hydrogens (tertiary/aromatic N) is 4. The largest absolute Gasteiger partial charge is 0.505 e. The van der Waals surface area contributed by atoms with Crippen LogP contribution in [0.4, 0.5) is 28.4 Å². The van der Waals surface area contributed by atoms with Crippen LogP contribution in [0.5, 0.6) is 5.75 Å². The summed E-state index contributed by atoms with van der Waals surface area (Å²) in [5, 5.41) is 28.5. The molecule has 0 aliphatic heterocycles. The van der Waals surface area contributed by atoms with Gasteiger partial charge in [-0.2, -0.15) is 27.1 Å². The Labute approximate surface area is 318 Å². The molecule has 6 aromatic carbocycles. The number of nitrogen functional groups attached to an aromatic ring is 1. The van der Waals surface area contributed by atoms with E-state index in [9.17, 15) is 48.6 Å². The monoisotopic (exact) mass is 823 g/mol. The van der Waals surface area contributed by atoms with Gasteiger partial charge in [-0.1, -0.05) is 30.3 Å². The van der Waals surface area contributed by atoms with Crippen molar-refractivity contribution in [2.75, 3.05) is 5.73 Å². The number of nitrogens with two attached hydrogens (primary N) is 1. The first-order chi connectivity index (χ1) is 25.8. The van der Waals surface area contributed by atoms with Gasteiger partial charge in [-0.25, -0.2) is 8.42 Å². The highest BCUT2D eigenvalue weighted by Crippen LogP contribution is 2.44. The maximum Gasteiger partial charge on any atom is 0.296 e. The maximum atomic E-state index is 12.2. The standard InChI is InChI=1S/C35H29N5O11S4/c1-18-9-21(5-7-28(18)37-39-30-13-23-4-3-20(17-52(42)43)11-24(23)15-32(30)55(49,50)51)22-6-8-29(19(2)10-22)38-40-34-31(53(44)45)14-25-12-26(54(46,47)48)16-27(36)33(25)35(34)41/h3-16,41H,17,36H2,1-2H3,(H,42,43)(H,44,45)(H,46,47,48)(H,49,50,51). The molecule has 0 aliphatic rings. The van der Waals surface area contributed by atoms with E-state index in [-0.39, 0.29) is 38.5 Å². The lowest BCUT2D eigenvalue weighted by atomic mass is 10.0. The Morgan fingerprint density at radius 3 is 1.80 bits per heavy atom. The minimum Gasteiger partial charge on any atom is -0.505 e. The van der Waals surface area contributed by atoms with Crippen LogP contribution in [0.15, 0.2) is 120 Å². The molecule has 0 spiro atoms. The van der Waals surface area contributed by atoms with E-state index in [1.165, 1.54) is 12.1 Å². The number of phenolic OH excluding ortho intramolecular Hbond substituents is 1. The van der Waals surface area contributed by atoms with E-state index in [4.69, 9.17) is 5.73 Å². The number of rotatable bonds is 10. The summed E-state index contributed by atoms with van der Waals surface area (Å²) in [6, 6.07) is 21.0. The van der Waals surface area contributed by atoms with Crippen LogP contribution in [0.3, 0.4) is 0 Å². The summed E-state index contributed by atoms with van der Waals surface area (Å²) in [6.45, 7) is 3.53. The molecule has 0 radical (unpaired) electrons. The van der Waals surface area contributed by atoms with Crippen LogP contribution in [-0.2, 0) is 48.1 Å². The van der Waals surface area contributed by atoms with E-state index in [1.54, 1.807) is 56.3 Å². The lowest BCUT2D eigenvalue weighted by Gasteiger charge is -2.12. The summed E-state index contributed by atoms with van der Waals surface area (Å²) in [5.74, 6) is -0.775. The number of phenols is 1. The highest BCUT2D eigenvalue weighted by Gasteiger charge is 2.22. The number of azo groups is 2. The van der Waals surface area contributed by atoms with Gasteiger partial charge in [-0.15, -0.1) is 10.2 Å². The topological polar surface area (TPSA) is 279 Å². The molecule has 0 heterocycles. The second-order valence-corrected chi connectivity index (χ2v) is 16.9. The first-order valence-corrected chi connectivity index (χ1v) is 20.9. The Morgan fingerprint density at radius 1 is 0.655 bits per heavy atom. The van der Waals surface area contributed by atoms with Crippen molar-refractivity contribution in [3.8, 4) is 16.9 Å². The lowest BCUT2D eigenvalue weighted by Crippen LogP contribution is -2.01. The van der Waals surface area contributed by atoms with Gasteiger partial charge >= 0.3 is 0 Å². The summed E-state index contributed by atoms with van der Waals surface area (Å²) < 4.78 is 110. The molecule has 0 bridgehead atoms. The van der Waals surface area contributed by atoms with E-state index < -0.39 is 57.9 Å². The number of benzene rings is 6. The fourth-order valence-electron chi connectivity index (χ4n) is 5.81. The van der Waals surface area contributed by atoms with Crippen LogP contribution in [0.1, 0.15) is 16.7 Å². The van der Waals surface area contributed by atoms with Crippen molar-refractivity contribution in [1.29, 1.82) is 0 Å². The molecule has 16 nitrogen and oxygen atoms in total. The number of fused-ring (bicyclic) bond motifs is 2. The minimum atomic E-state index is -4.72. The third-order valence-corrected chi connectivity index (χ3v) is 11.4. The first kappa shape index (κ1) is 39.4.